The largest absolute Gasteiger partial charge is 0.396 e. The Balaban J connectivity index is 1.70. The van der Waals surface area contributed by atoms with Crippen LogP contribution in [-0.4, -0.2) is 35.0 Å². The third-order valence-electron chi connectivity index (χ3n) is 6.08. The van der Waals surface area contributed by atoms with Crippen molar-refractivity contribution >= 4 is 11.8 Å². The molecule has 126 valence electrons. The van der Waals surface area contributed by atoms with Crippen molar-refractivity contribution in [2.75, 3.05) is 13.2 Å². The summed E-state index contributed by atoms with van der Waals surface area (Å²) in [5, 5.41) is 9.11. The van der Waals surface area contributed by atoms with Gasteiger partial charge in [-0.25, -0.2) is 0 Å². The molecule has 3 aliphatic carbocycles. The summed E-state index contributed by atoms with van der Waals surface area (Å²) in [4.78, 5) is 27.6. The van der Waals surface area contributed by atoms with Crippen LogP contribution in [0.1, 0.15) is 40.5 Å². The Morgan fingerprint density at radius 2 is 1.16 bits per heavy atom. The number of rotatable bonds is 3. The highest BCUT2D eigenvalue weighted by Gasteiger charge is 2.61. The van der Waals surface area contributed by atoms with Crippen LogP contribution in [0.2, 0.25) is 0 Å². The van der Waals surface area contributed by atoms with E-state index < -0.39 is 0 Å². The topological polar surface area (TPSA) is 57.6 Å². The van der Waals surface area contributed by atoms with Gasteiger partial charge in [0.25, 0.3) is 0 Å². The molecule has 0 spiro atoms. The molecule has 1 fully saturated rings. The fourth-order valence-electron chi connectivity index (χ4n) is 5.19. The molecule has 4 heteroatoms. The molecule has 1 N–H and O–H groups in total. The molecule has 1 saturated heterocycles. The third kappa shape index (κ3) is 1.80. The van der Waals surface area contributed by atoms with E-state index >= 15 is 0 Å². The van der Waals surface area contributed by atoms with E-state index in [9.17, 15) is 9.59 Å². The van der Waals surface area contributed by atoms with Gasteiger partial charge in [-0.05, 0) is 28.7 Å². The summed E-state index contributed by atoms with van der Waals surface area (Å²) >= 11 is 0. The van der Waals surface area contributed by atoms with Gasteiger partial charge in [-0.3, -0.25) is 14.5 Å². The lowest BCUT2D eigenvalue weighted by molar-refractivity contribution is -0.140. The first-order valence-electron chi connectivity index (χ1n) is 8.87. The standard InChI is InChI=1S/C21H19NO3/c23-11-5-10-22-20(24)18-16-12-6-1-2-7-13(12)17(19(18)21(22)25)15-9-4-3-8-14(15)16/h1-4,6-9,16-19,23H,5,10-11H2/t16?,17?,18-,19-/m0/s1. The summed E-state index contributed by atoms with van der Waals surface area (Å²) < 4.78 is 0. The Bertz CT molecular complexity index is 775. The summed E-state index contributed by atoms with van der Waals surface area (Å²) in [7, 11) is 0. The van der Waals surface area contributed by atoms with E-state index in [4.69, 9.17) is 5.11 Å². The molecule has 2 aromatic rings. The summed E-state index contributed by atoms with van der Waals surface area (Å²) in [5.74, 6) is -0.831. The molecule has 1 aliphatic heterocycles. The molecule has 4 nitrogen and oxygen atoms in total. The molecule has 0 radical (unpaired) electrons. The van der Waals surface area contributed by atoms with Gasteiger partial charge in [0.1, 0.15) is 0 Å². The van der Waals surface area contributed by atoms with Crippen LogP contribution in [0.15, 0.2) is 48.5 Å². The third-order valence-corrected chi connectivity index (χ3v) is 6.08. The van der Waals surface area contributed by atoms with Gasteiger partial charge in [0.05, 0.1) is 11.8 Å². The molecule has 0 aromatic heterocycles. The Hall–Kier alpha value is -2.46. The van der Waals surface area contributed by atoms with Crippen LogP contribution in [0.4, 0.5) is 0 Å². The average Bonchev–Trinajstić information content (AvgIpc) is 2.91. The van der Waals surface area contributed by atoms with Crippen LogP contribution in [0.25, 0.3) is 0 Å². The van der Waals surface area contributed by atoms with E-state index in [2.05, 4.69) is 24.3 Å². The van der Waals surface area contributed by atoms with Crippen molar-refractivity contribution in [3.63, 3.8) is 0 Å². The highest BCUT2D eigenvalue weighted by Crippen LogP contribution is 2.60. The normalized spacial score (nSPS) is 28.8. The zero-order valence-electron chi connectivity index (χ0n) is 13.8. The second-order valence-corrected chi connectivity index (χ2v) is 7.17. The average molecular weight is 333 g/mol. The molecule has 0 saturated carbocycles. The number of hydrogen-bond acceptors (Lipinski definition) is 3. The molecular formula is C21H19NO3. The number of carbonyl (C=O) groups excluding carboxylic acids is 2. The van der Waals surface area contributed by atoms with E-state index in [1.54, 1.807) is 0 Å². The second kappa shape index (κ2) is 5.27. The number of hydrogen-bond donors (Lipinski definition) is 1. The molecule has 6 rings (SSSR count). The zero-order valence-corrected chi connectivity index (χ0v) is 13.8. The van der Waals surface area contributed by atoms with Crippen molar-refractivity contribution in [1.82, 2.24) is 4.90 Å². The first-order chi connectivity index (χ1) is 12.2. The van der Waals surface area contributed by atoms with Gasteiger partial charge in [-0.15, -0.1) is 0 Å². The lowest BCUT2D eigenvalue weighted by atomic mass is 9.55. The van der Waals surface area contributed by atoms with Crippen molar-refractivity contribution in [2.24, 2.45) is 11.8 Å². The van der Waals surface area contributed by atoms with Gasteiger partial charge >= 0.3 is 0 Å². The second-order valence-electron chi connectivity index (χ2n) is 7.17. The predicted molar refractivity (Wildman–Crippen MR) is 92.0 cm³/mol. The number of carbonyl (C=O) groups is 2. The van der Waals surface area contributed by atoms with Crippen molar-refractivity contribution in [3.8, 4) is 0 Å². The van der Waals surface area contributed by atoms with Crippen molar-refractivity contribution in [2.45, 2.75) is 18.3 Å². The molecule has 2 amide bonds. The molecular weight excluding hydrogens is 314 g/mol. The van der Waals surface area contributed by atoms with E-state index in [0.29, 0.717) is 13.0 Å². The Labute approximate surface area is 146 Å². The van der Waals surface area contributed by atoms with Gasteiger partial charge < -0.3 is 5.11 Å². The summed E-state index contributed by atoms with van der Waals surface area (Å²) in [6.07, 6.45) is 0.437. The van der Waals surface area contributed by atoms with Gasteiger partial charge in [0, 0.05) is 25.0 Å². The number of benzene rings is 2. The van der Waals surface area contributed by atoms with E-state index in [1.165, 1.54) is 27.2 Å². The minimum absolute atomic E-state index is 0.0142. The Morgan fingerprint density at radius 3 is 1.52 bits per heavy atom. The quantitative estimate of drug-likeness (QED) is 0.877. The van der Waals surface area contributed by atoms with Crippen LogP contribution in [0, 0.1) is 11.8 Å². The maximum atomic E-state index is 13.1. The molecule has 2 aromatic carbocycles. The minimum Gasteiger partial charge on any atom is -0.396 e. The van der Waals surface area contributed by atoms with Crippen LogP contribution in [0.5, 0.6) is 0 Å². The van der Waals surface area contributed by atoms with Crippen LogP contribution in [0.3, 0.4) is 0 Å². The van der Waals surface area contributed by atoms with Crippen molar-refractivity contribution in [1.29, 1.82) is 0 Å². The highest BCUT2D eigenvalue weighted by atomic mass is 16.3. The maximum absolute atomic E-state index is 13.1. The number of imide groups is 1. The first kappa shape index (κ1) is 14.8. The van der Waals surface area contributed by atoms with E-state index in [1.807, 2.05) is 24.3 Å². The van der Waals surface area contributed by atoms with Crippen molar-refractivity contribution in [3.05, 3.63) is 70.8 Å². The van der Waals surface area contributed by atoms with Crippen LogP contribution >= 0.6 is 0 Å². The fourth-order valence-corrected chi connectivity index (χ4v) is 5.19. The number of aliphatic hydroxyl groups excluding tert-OH is 1. The Kier molecular flexibility index (Phi) is 3.13. The SMILES string of the molecule is O=C1[C@H]2C3c4ccccc4C(c4ccccc43)[C@@H]2C(=O)N1CCCO. The van der Waals surface area contributed by atoms with Gasteiger partial charge in [-0.1, -0.05) is 48.5 Å². The number of likely N-dealkylation sites (tertiary alicyclic amines) is 1. The lowest BCUT2D eigenvalue weighted by Gasteiger charge is -2.45. The fraction of sp³-hybridized carbons (Fsp3) is 0.333. The summed E-state index contributed by atoms with van der Waals surface area (Å²) in [6.45, 7) is 0.299. The highest BCUT2D eigenvalue weighted by molar-refractivity contribution is 6.07. The van der Waals surface area contributed by atoms with Gasteiger partial charge in [0.2, 0.25) is 11.8 Å². The summed E-state index contributed by atoms with van der Waals surface area (Å²) in [6, 6.07) is 16.5. The maximum Gasteiger partial charge on any atom is 0.234 e. The minimum atomic E-state index is -0.305. The summed E-state index contributed by atoms with van der Waals surface area (Å²) in [5.41, 5.74) is 4.77. The molecule has 4 aliphatic rings. The monoisotopic (exact) mass is 333 g/mol. The Morgan fingerprint density at radius 1 is 0.760 bits per heavy atom. The van der Waals surface area contributed by atoms with E-state index in [-0.39, 0.29) is 42.1 Å². The van der Waals surface area contributed by atoms with Crippen LogP contribution < -0.4 is 0 Å². The van der Waals surface area contributed by atoms with Gasteiger partial charge in [-0.2, -0.15) is 0 Å². The lowest BCUT2D eigenvalue weighted by Crippen LogP contribution is -2.41. The number of aliphatic hydroxyl groups is 1. The molecule has 2 atom stereocenters. The predicted octanol–water partition coefficient (Wildman–Crippen LogP) is 2.26. The van der Waals surface area contributed by atoms with Crippen molar-refractivity contribution < 1.29 is 14.7 Å². The number of nitrogens with zero attached hydrogens (tertiary/aromatic N) is 1. The molecule has 1 heterocycles. The smallest absolute Gasteiger partial charge is 0.234 e. The van der Waals surface area contributed by atoms with E-state index in [0.717, 1.165) is 0 Å². The zero-order chi connectivity index (χ0) is 17.1. The first-order valence-corrected chi connectivity index (χ1v) is 8.87. The molecule has 0 unspecified atom stereocenters. The molecule has 2 bridgehead atoms. The molecule has 25 heavy (non-hydrogen) atoms. The number of amides is 2. The van der Waals surface area contributed by atoms with Gasteiger partial charge in [0.15, 0.2) is 0 Å². The van der Waals surface area contributed by atoms with Crippen LogP contribution in [-0.2, 0) is 9.59 Å².